The van der Waals surface area contributed by atoms with Crippen LogP contribution in [0, 0.1) is 0 Å². The van der Waals surface area contributed by atoms with E-state index in [9.17, 15) is 0 Å². The van der Waals surface area contributed by atoms with Crippen LogP contribution in [-0.4, -0.2) is 66.3 Å². The van der Waals surface area contributed by atoms with Crippen LogP contribution in [0.5, 0.6) is 5.75 Å². The first-order valence-corrected chi connectivity index (χ1v) is 10.1. The Morgan fingerprint density at radius 3 is 2.21 bits per heavy atom. The molecule has 0 amide bonds. The van der Waals surface area contributed by atoms with E-state index in [1.54, 1.807) is 14.2 Å². The second-order valence-electron chi connectivity index (χ2n) is 6.23. The number of aliphatic imine (C=N–C) groups is 1. The van der Waals surface area contributed by atoms with Crippen molar-refractivity contribution < 1.29 is 18.9 Å². The highest BCUT2D eigenvalue weighted by atomic mass is 127. The Hall–Kier alpha value is -1.10. The van der Waals surface area contributed by atoms with Crippen LogP contribution in [0.15, 0.2) is 29.3 Å². The summed E-state index contributed by atoms with van der Waals surface area (Å²) in [6.07, 6.45) is 2.98. The van der Waals surface area contributed by atoms with E-state index in [2.05, 4.69) is 10.6 Å². The van der Waals surface area contributed by atoms with Gasteiger partial charge in [0.15, 0.2) is 5.96 Å². The van der Waals surface area contributed by atoms with E-state index in [4.69, 9.17) is 23.9 Å². The summed E-state index contributed by atoms with van der Waals surface area (Å²) >= 11 is 0. The maximum atomic E-state index is 5.48. The predicted octanol–water partition coefficient (Wildman–Crippen LogP) is 3.22. The van der Waals surface area contributed by atoms with Crippen molar-refractivity contribution in [3.63, 3.8) is 0 Å². The molecule has 0 aliphatic rings. The fourth-order valence-electron chi connectivity index (χ4n) is 2.38. The number of nitrogens with zero attached hydrogens (tertiary/aromatic N) is 1. The van der Waals surface area contributed by atoms with Crippen LogP contribution < -0.4 is 15.4 Å². The SMILES string of the molecule is CCOCCCNC(=NCc1ccc(OC)cc1)NCCCCOCCOC.I. The van der Waals surface area contributed by atoms with E-state index in [1.165, 1.54) is 0 Å². The number of benzene rings is 1. The van der Waals surface area contributed by atoms with Crippen molar-refractivity contribution >= 4 is 29.9 Å². The van der Waals surface area contributed by atoms with E-state index in [1.807, 2.05) is 31.2 Å². The Balaban J connectivity index is 0.00000784. The minimum absolute atomic E-state index is 0. The number of halogens is 1. The predicted molar refractivity (Wildman–Crippen MR) is 129 cm³/mol. The van der Waals surface area contributed by atoms with Crippen LogP contribution >= 0.6 is 24.0 Å². The summed E-state index contributed by atoms with van der Waals surface area (Å²) in [7, 11) is 3.35. The molecule has 1 rings (SSSR count). The molecule has 29 heavy (non-hydrogen) atoms. The second kappa shape index (κ2) is 20.2. The Morgan fingerprint density at radius 1 is 0.862 bits per heavy atom. The maximum absolute atomic E-state index is 5.48. The van der Waals surface area contributed by atoms with Crippen LogP contribution in [-0.2, 0) is 20.8 Å². The summed E-state index contributed by atoms with van der Waals surface area (Å²) in [5.41, 5.74) is 1.14. The molecule has 0 atom stereocenters. The molecule has 0 spiro atoms. The minimum Gasteiger partial charge on any atom is -0.497 e. The third-order valence-electron chi connectivity index (χ3n) is 3.98. The van der Waals surface area contributed by atoms with Crippen LogP contribution in [0.4, 0.5) is 0 Å². The van der Waals surface area contributed by atoms with Gasteiger partial charge in [-0.05, 0) is 43.9 Å². The summed E-state index contributed by atoms with van der Waals surface area (Å²) in [6, 6.07) is 7.98. The van der Waals surface area contributed by atoms with Crippen molar-refractivity contribution in [2.45, 2.75) is 32.7 Å². The highest BCUT2D eigenvalue weighted by Gasteiger charge is 2.00. The Kier molecular flexibility index (Phi) is 19.4. The van der Waals surface area contributed by atoms with Crippen molar-refractivity contribution in [1.82, 2.24) is 10.6 Å². The molecule has 0 aliphatic carbocycles. The van der Waals surface area contributed by atoms with Gasteiger partial charge < -0.3 is 29.6 Å². The number of hydrogen-bond donors (Lipinski definition) is 2. The number of nitrogens with one attached hydrogen (secondary N) is 2. The van der Waals surface area contributed by atoms with E-state index in [0.717, 1.165) is 69.4 Å². The maximum Gasteiger partial charge on any atom is 0.191 e. The van der Waals surface area contributed by atoms with Crippen molar-refractivity contribution in [2.24, 2.45) is 4.99 Å². The molecule has 0 heterocycles. The first-order chi connectivity index (χ1) is 13.8. The molecule has 0 aromatic heterocycles. The molecule has 0 saturated heterocycles. The van der Waals surface area contributed by atoms with Gasteiger partial charge in [0.05, 0.1) is 26.9 Å². The Morgan fingerprint density at radius 2 is 1.55 bits per heavy atom. The van der Waals surface area contributed by atoms with Crippen molar-refractivity contribution in [3.05, 3.63) is 29.8 Å². The molecule has 1 aromatic rings. The highest BCUT2D eigenvalue weighted by Crippen LogP contribution is 2.11. The van der Waals surface area contributed by atoms with Gasteiger partial charge in [0.2, 0.25) is 0 Å². The second-order valence-corrected chi connectivity index (χ2v) is 6.23. The fraction of sp³-hybridized carbons (Fsp3) is 0.667. The topological polar surface area (TPSA) is 73.3 Å². The molecule has 0 fully saturated rings. The monoisotopic (exact) mass is 523 g/mol. The van der Waals surface area contributed by atoms with Gasteiger partial charge in [-0.1, -0.05) is 12.1 Å². The summed E-state index contributed by atoms with van der Waals surface area (Å²) < 4.78 is 21.0. The average Bonchev–Trinajstić information content (AvgIpc) is 2.73. The molecule has 7 nitrogen and oxygen atoms in total. The lowest BCUT2D eigenvalue weighted by molar-refractivity contribution is 0.0689. The number of ether oxygens (including phenoxy) is 4. The quantitative estimate of drug-likeness (QED) is 0.150. The first-order valence-electron chi connectivity index (χ1n) is 10.1. The van der Waals surface area contributed by atoms with Crippen LogP contribution in [0.3, 0.4) is 0 Å². The van der Waals surface area contributed by atoms with Gasteiger partial charge in [0, 0.05) is 40.0 Å². The normalized spacial score (nSPS) is 11.1. The molecule has 0 aliphatic heterocycles. The van der Waals surface area contributed by atoms with Gasteiger partial charge in [-0.2, -0.15) is 0 Å². The van der Waals surface area contributed by atoms with E-state index >= 15 is 0 Å². The molecular formula is C21H38IN3O4. The highest BCUT2D eigenvalue weighted by molar-refractivity contribution is 14.0. The Bertz CT molecular complexity index is 515. The number of hydrogen-bond acceptors (Lipinski definition) is 5. The van der Waals surface area contributed by atoms with Gasteiger partial charge in [-0.25, -0.2) is 4.99 Å². The number of guanidine groups is 1. The van der Waals surface area contributed by atoms with Crippen molar-refractivity contribution in [2.75, 3.05) is 60.3 Å². The molecule has 8 heteroatoms. The van der Waals surface area contributed by atoms with Crippen LogP contribution in [0.25, 0.3) is 0 Å². The summed E-state index contributed by atoms with van der Waals surface area (Å²) in [4.78, 5) is 4.69. The molecular weight excluding hydrogens is 485 g/mol. The number of unbranched alkanes of at least 4 members (excludes halogenated alkanes) is 1. The van der Waals surface area contributed by atoms with Gasteiger partial charge >= 0.3 is 0 Å². The lowest BCUT2D eigenvalue weighted by Crippen LogP contribution is -2.38. The van der Waals surface area contributed by atoms with Crippen molar-refractivity contribution in [1.29, 1.82) is 0 Å². The molecule has 1 aromatic carbocycles. The molecule has 2 N–H and O–H groups in total. The van der Waals surface area contributed by atoms with Crippen molar-refractivity contribution in [3.8, 4) is 5.75 Å². The van der Waals surface area contributed by atoms with Crippen LogP contribution in [0.2, 0.25) is 0 Å². The summed E-state index contributed by atoms with van der Waals surface area (Å²) in [5.74, 6) is 1.68. The Labute approximate surface area is 192 Å². The molecule has 0 saturated carbocycles. The fourth-order valence-corrected chi connectivity index (χ4v) is 2.38. The standard InChI is InChI=1S/C21H37N3O4.HI/c1-4-27-15-7-13-23-21(22-12-5-6-14-28-17-16-25-2)24-18-19-8-10-20(26-3)11-9-19;/h8-11H,4-7,12-18H2,1-3H3,(H2,22,23,24);1H. The lowest BCUT2D eigenvalue weighted by atomic mass is 10.2. The third kappa shape index (κ3) is 15.4. The molecule has 0 radical (unpaired) electrons. The molecule has 168 valence electrons. The number of rotatable bonds is 16. The van der Waals surface area contributed by atoms with Gasteiger partial charge in [-0.15, -0.1) is 24.0 Å². The van der Waals surface area contributed by atoms with Gasteiger partial charge in [0.25, 0.3) is 0 Å². The van der Waals surface area contributed by atoms with E-state index < -0.39 is 0 Å². The zero-order valence-corrected chi connectivity index (χ0v) is 20.4. The third-order valence-corrected chi connectivity index (χ3v) is 3.98. The largest absolute Gasteiger partial charge is 0.497 e. The summed E-state index contributed by atoms with van der Waals surface area (Å²) in [6.45, 7) is 7.87. The van der Waals surface area contributed by atoms with Gasteiger partial charge in [-0.3, -0.25) is 0 Å². The van der Waals surface area contributed by atoms with Crippen LogP contribution in [0.1, 0.15) is 31.7 Å². The molecule has 0 bridgehead atoms. The zero-order chi connectivity index (χ0) is 20.3. The smallest absolute Gasteiger partial charge is 0.191 e. The average molecular weight is 523 g/mol. The first kappa shape index (κ1) is 27.9. The number of methoxy groups -OCH3 is 2. The van der Waals surface area contributed by atoms with E-state index in [-0.39, 0.29) is 24.0 Å². The zero-order valence-electron chi connectivity index (χ0n) is 18.1. The van der Waals surface area contributed by atoms with Gasteiger partial charge in [0.1, 0.15) is 5.75 Å². The van der Waals surface area contributed by atoms with E-state index in [0.29, 0.717) is 19.8 Å². The summed E-state index contributed by atoms with van der Waals surface area (Å²) in [5, 5.41) is 6.78. The molecule has 0 unspecified atom stereocenters. The minimum atomic E-state index is 0. The lowest BCUT2D eigenvalue weighted by Gasteiger charge is -2.13.